The Morgan fingerprint density at radius 3 is 2.42 bits per heavy atom. The number of thioether (sulfide) groups is 1. The van der Waals surface area contributed by atoms with Crippen LogP contribution >= 0.6 is 46.6 Å². The molecule has 2 heterocycles. The van der Waals surface area contributed by atoms with Crippen molar-refractivity contribution in [3.63, 3.8) is 0 Å². The van der Waals surface area contributed by atoms with Gasteiger partial charge >= 0.3 is 6.09 Å². The molecule has 4 rings (SSSR count). The highest BCUT2D eigenvalue weighted by Gasteiger charge is 2.50. The molecule has 1 amide bonds. The fourth-order valence-electron chi connectivity index (χ4n) is 3.58. The summed E-state index contributed by atoms with van der Waals surface area (Å²) in [6, 6.07) is 18.0. The van der Waals surface area contributed by atoms with E-state index >= 15 is 0 Å². The van der Waals surface area contributed by atoms with Crippen molar-refractivity contribution in [3.05, 3.63) is 66.2 Å². The number of alkyl halides is 3. The molecule has 0 aliphatic carbocycles. The van der Waals surface area contributed by atoms with E-state index in [0.29, 0.717) is 0 Å². The molecular weight excluding hydrogens is 513 g/mol. The summed E-state index contributed by atoms with van der Waals surface area (Å²) in [5.74, 6) is 0. The topological polar surface area (TPSA) is 86.3 Å². The zero-order chi connectivity index (χ0) is 23.4. The predicted molar refractivity (Wildman–Crippen MR) is 126 cm³/mol. The minimum Gasteiger partial charge on any atom is -0.445 e. The SMILES string of the molecule is O=C(N[C@@H]1[C@@H](O)[C@H]2O[C@@H](c3ccccc3)OC[C@H]2O[C@H]1Sc1ccccc1)OCC(Cl)(Cl)Cl. The third-order valence-electron chi connectivity index (χ3n) is 5.08. The second-order valence-corrected chi connectivity index (χ2v) is 11.2. The van der Waals surface area contributed by atoms with Gasteiger partial charge in [0.2, 0.25) is 3.79 Å². The summed E-state index contributed by atoms with van der Waals surface area (Å²) in [6.45, 7) is -0.228. The summed E-state index contributed by atoms with van der Waals surface area (Å²) < 4.78 is 21.4. The number of alkyl carbamates (subject to hydrolysis) is 1. The average Bonchev–Trinajstić information content (AvgIpc) is 2.81. The Hall–Kier alpha value is -1.23. The van der Waals surface area contributed by atoms with Gasteiger partial charge < -0.3 is 29.4 Å². The Morgan fingerprint density at radius 1 is 1.09 bits per heavy atom. The number of hydrogen-bond donors (Lipinski definition) is 2. The van der Waals surface area contributed by atoms with E-state index in [1.807, 2.05) is 60.7 Å². The first-order valence-electron chi connectivity index (χ1n) is 10.2. The number of fused-ring (bicyclic) bond motifs is 1. The minimum absolute atomic E-state index is 0.220. The third kappa shape index (κ3) is 6.68. The Labute approximate surface area is 210 Å². The molecule has 2 saturated heterocycles. The number of carbonyl (C=O) groups is 1. The number of benzene rings is 2. The maximum absolute atomic E-state index is 12.4. The lowest BCUT2D eigenvalue weighted by Crippen LogP contribution is -2.65. The lowest BCUT2D eigenvalue weighted by molar-refractivity contribution is -0.306. The number of aliphatic hydroxyl groups is 1. The van der Waals surface area contributed by atoms with Crippen LogP contribution in [0.5, 0.6) is 0 Å². The molecule has 6 atom stereocenters. The summed E-state index contributed by atoms with van der Waals surface area (Å²) in [7, 11) is 0. The molecule has 0 bridgehead atoms. The lowest BCUT2D eigenvalue weighted by Gasteiger charge is -2.47. The zero-order valence-electron chi connectivity index (χ0n) is 17.2. The van der Waals surface area contributed by atoms with Gasteiger partial charge in [-0.25, -0.2) is 4.79 Å². The van der Waals surface area contributed by atoms with E-state index in [0.717, 1.165) is 10.5 Å². The van der Waals surface area contributed by atoms with E-state index < -0.39 is 52.6 Å². The van der Waals surface area contributed by atoms with E-state index in [4.69, 9.17) is 53.8 Å². The number of ether oxygens (including phenoxy) is 4. The summed E-state index contributed by atoms with van der Waals surface area (Å²) in [5, 5.41) is 13.9. The number of carbonyl (C=O) groups excluding carboxylic acids is 1. The number of aliphatic hydroxyl groups excluding tert-OH is 1. The van der Waals surface area contributed by atoms with Gasteiger partial charge in [0.15, 0.2) is 6.29 Å². The second-order valence-electron chi connectivity index (χ2n) is 7.50. The van der Waals surface area contributed by atoms with Crippen LogP contribution in [0.15, 0.2) is 65.6 Å². The summed E-state index contributed by atoms with van der Waals surface area (Å²) >= 11 is 18.3. The van der Waals surface area contributed by atoms with Crippen LogP contribution in [0.25, 0.3) is 0 Å². The van der Waals surface area contributed by atoms with E-state index in [-0.39, 0.29) is 6.61 Å². The van der Waals surface area contributed by atoms with Gasteiger partial charge in [0.05, 0.1) is 12.6 Å². The minimum atomic E-state index is -1.75. The van der Waals surface area contributed by atoms with Gasteiger partial charge in [-0.1, -0.05) is 95.1 Å². The molecule has 0 unspecified atom stereocenters. The Morgan fingerprint density at radius 2 is 1.76 bits per heavy atom. The van der Waals surface area contributed by atoms with E-state index in [2.05, 4.69) is 5.32 Å². The van der Waals surface area contributed by atoms with Gasteiger partial charge in [0, 0.05) is 10.5 Å². The molecule has 7 nitrogen and oxygen atoms in total. The fraction of sp³-hybridized carbons (Fsp3) is 0.409. The molecule has 2 aliphatic heterocycles. The monoisotopic (exact) mass is 533 g/mol. The van der Waals surface area contributed by atoms with Crippen molar-refractivity contribution in [2.75, 3.05) is 13.2 Å². The molecule has 0 aromatic heterocycles. The lowest BCUT2D eigenvalue weighted by atomic mass is 9.97. The zero-order valence-corrected chi connectivity index (χ0v) is 20.3. The molecule has 0 spiro atoms. The standard InChI is InChI=1S/C22H22Cl3NO6S/c23-22(24,25)12-30-21(28)26-16-17(27)18-15(31-20(16)33-14-9-5-2-6-10-14)11-29-19(32-18)13-7-3-1-4-8-13/h1-10,15-20,27H,11-12H2,(H,26,28)/t15-,16-,17-,18+,19+,20+/m1/s1. The molecule has 2 aromatic carbocycles. The molecule has 2 aliphatic rings. The van der Waals surface area contributed by atoms with Crippen molar-refractivity contribution in [1.82, 2.24) is 5.32 Å². The second kappa shape index (κ2) is 11.0. The number of amides is 1. The van der Waals surface area contributed by atoms with Crippen molar-refractivity contribution in [2.24, 2.45) is 0 Å². The van der Waals surface area contributed by atoms with Crippen LogP contribution in [-0.4, -0.2) is 58.0 Å². The van der Waals surface area contributed by atoms with Crippen LogP contribution in [0.3, 0.4) is 0 Å². The van der Waals surface area contributed by atoms with Gasteiger partial charge in [-0.3, -0.25) is 0 Å². The molecule has 2 fully saturated rings. The highest BCUT2D eigenvalue weighted by molar-refractivity contribution is 7.99. The van der Waals surface area contributed by atoms with Crippen molar-refractivity contribution < 1.29 is 28.8 Å². The molecule has 2 aromatic rings. The van der Waals surface area contributed by atoms with E-state index in [9.17, 15) is 9.90 Å². The Kier molecular flexibility index (Phi) is 8.30. The van der Waals surface area contributed by atoms with Crippen LogP contribution in [0.2, 0.25) is 0 Å². The summed E-state index contributed by atoms with van der Waals surface area (Å²) in [5.41, 5.74) is 0.167. The van der Waals surface area contributed by atoms with Crippen molar-refractivity contribution in [2.45, 2.75) is 44.8 Å². The Bertz CT molecular complexity index is 919. The third-order valence-corrected chi connectivity index (χ3v) is 6.59. The number of halogens is 3. The van der Waals surface area contributed by atoms with Crippen LogP contribution in [-0.2, 0) is 18.9 Å². The van der Waals surface area contributed by atoms with Crippen LogP contribution < -0.4 is 5.32 Å². The highest BCUT2D eigenvalue weighted by Crippen LogP contribution is 2.39. The largest absolute Gasteiger partial charge is 0.445 e. The first-order chi connectivity index (χ1) is 15.8. The average molecular weight is 535 g/mol. The summed E-state index contributed by atoms with van der Waals surface area (Å²) in [4.78, 5) is 13.3. The molecule has 0 saturated carbocycles. The number of hydrogen-bond acceptors (Lipinski definition) is 7. The van der Waals surface area contributed by atoms with Gasteiger partial charge in [0.1, 0.15) is 30.4 Å². The van der Waals surface area contributed by atoms with Crippen LogP contribution in [0, 0.1) is 0 Å². The van der Waals surface area contributed by atoms with Crippen LogP contribution in [0.4, 0.5) is 4.79 Å². The number of nitrogens with one attached hydrogen (secondary N) is 1. The van der Waals surface area contributed by atoms with Crippen molar-refractivity contribution in [3.8, 4) is 0 Å². The maximum Gasteiger partial charge on any atom is 0.407 e. The smallest absolute Gasteiger partial charge is 0.407 e. The molecule has 33 heavy (non-hydrogen) atoms. The van der Waals surface area contributed by atoms with Crippen LogP contribution in [0.1, 0.15) is 11.9 Å². The van der Waals surface area contributed by atoms with Gasteiger partial charge in [-0.2, -0.15) is 0 Å². The molecule has 178 valence electrons. The van der Waals surface area contributed by atoms with Gasteiger partial charge in [0.25, 0.3) is 0 Å². The fourth-order valence-corrected chi connectivity index (χ4v) is 4.90. The summed E-state index contributed by atoms with van der Waals surface area (Å²) in [6.07, 6.45) is -3.90. The first kappa shape index (κ1) is 24.9. The molecule has 11 heteroatoms. The normalized spacial score (nSPS) is 29.7. The molecule has 0 radical (unpaired) electrons. The molecular formula is C22H22Cl3NO6S. The maximum atomic E-state index is 12.4. The molecule has 2 N–H and O–H groups in total. The van der Waals surface area contributed by atoms with Crippen molar-refractivity contribution >= 4 is 52.7 Å². The first-order valence-corrected chi connectivity index (χ1v) is 12.2. The van der Waals surface area contributed by atoms with E-state index in [1.54, 1.807) is 0 Å². The van der Waals surface area contributed by atoms with Gasteiger partial charge in [-0.05, 0) is 12.1 Å². The number of rotatable bonds is 5. The van der Waals surface area contributed by atoms with Gasteiger partial charge in [-0.15, -0.1) is 0 Å². The predicted octanol–water partition coefficient (Wildman–Crippen LogP) is 4.44. The van der Waals surface area contributed by atoms with Crippen molar-refractivity contribution in [1.29, 1.82) is 0 Å². The highest BCUT2D eigenvalue weighted by atomic mass is 35.6. The Balaban J connectivity index is 1.51. The van der Waals surface area contributed by atoms with E-state index in [1.165, 1.54) is 11.8 Å². The quantitative estimate of drug-likeness (QED) is 0.548.